The molecule has 4 heteroatoms. The molecule has 0 spiro atoms. The van der Waals surface area contributed by atoms with Gasteiger partial charge in [0.2, 0.25) is 5.91 Å². The van der Waals surface area contributed by atoms with Gasteiger partial charge in [0, 0.05) is 12.0 Å². The normalized spacial score (nSPS) is 15.8. The van der Waals surface area contributed by atoms with E-state index in [0.29, 0.717) is 17.1 Å². The van der Waals surface area contributed by atoms with Gasteiger partial charge < -0.3 is 15.8 Å². The number of benzene rings is 1. The monoisotopic (exact) mass is 234 g/mol. The van der Waals surface area contributed by atoms with Crippen LogP contribution in [0, 0.1) is 5.92 Å². The highest BCUT2D eigenvalue weighted by molar-refractivity contribution is 5.95. The van der Waals surface area contributed by atoms with Gasteiger partial charge in [-0.2, -0.15) is 0 Å². The first-order chi connectivity index (χ1) is 8.20. The maximum absolute atomic E-state index is 11.9. The van der Waals surface area contributed by atoms with Crippen LogP contribution < -0.4 is 15.8 Å². The van der Waals surface area contributed by atoms with Gasteiger partial charge in [0.1, 0.15) is 5.75 Å². The van der Waals surface area contributed by atoms with Crippen molar-refractivity contribution >= 4 is 17.3 Å². The van der Waals surface area contributed by atoms with E-state index in [1.165, 1.54) is 0 Å². The Bertz CT molecular complexity index is 412. The molecule has 0 radical (unpaired) electrons. The highest BCUT2D eigenvalue weighted by Crippen LogP contribution is 2.28. The number of hydrogen-bond acceptors (Lipinski definition) is 3. The Kier molecular flexibility index (Phi) is 3.52. The summed E-state index contributed by atoms with van der Waals surface area (Å²) in [6.07, 6.45) is 4.27. The Balaban J connectivity index is 2.05. The van der Waals surface area contributed by atoms with Crippen LogP contribution in [0.3, 0.4) is 0 Å². The SMILES string of the molecule is COc1ccc(NC(=O)C2CCCC2)c(N)c1. The quantitative estimate of drug-likeness (QED) is 0.789. The van der Waals surface area contributed by atoms with Gasteiger partial charge in [-0.1, -0.05) is 12.8 Å². The number of anilines is 2. The van der Waals surface area contributed by atoms with Crippen molar-refractivity contribution in [3.8, 4) is 5.75 Å². The smallest absolute Gasteiger partial charge is 0.227 e. The highest BCUT2D eigenvalue weighted by Gasteiger charge is 2.22. The summed E-state index contributed by atoms with van der Waals surface area (Å²) in [5.74, 6) is 0.928. The first-order valence-corrected chi connectivity index (χ1v) is 5.95. The Morgan fingerprint density at radius 1 is 1.41 bits per heavy atom. The van der Waals surface area contributed by atoms with E-state index in [1.807, 2.05) is 0 Å². The van der Waals surface area contributed by atoms with Crippen LogP contribution in [0.1, 0.15) is 25.7 Å². The predicted molar refractivity (Wildman–Crippen MR) is 68.0 cm³/mol. The van der Waals surface area contributed by atoms with Crippen LogP contribution in [0.2, 0.25) is 0 Å². The van der Waals surface area contributed by atoms with Gasteiger partial charge in [-0.15, -0.1) is 0 Å². The largest absolute Gasteiger partial charge is 0.497 e. The van der Waals surface area contributed by atoms with E-state index in [1.54, 1.807) is 25.3 Å². The predicted octanol–water partition coefficient (Wildman–Crippen LogP) is 2.41. The summed E-state index contributed by atoms with van der Waals surface area (Å²) in [5, 5.41) is 2.88. The number of carbonyl (C=O) groups is 1. The minimum atomic E-state index is 0.0827. The van der Waals surface area contributed by atoms with E-state index in [4.69, 9.17) is 10.5 Å². The van der Waals surface area contributed by atoms with Crippen molar-refractivity contribution in [2.75, 3.05) is 18.2 Å². The Labute approximate surface area is 101 Å². The number of carbonyl (C=O) groups excluding carboxylic acids is 1. The molecule has 0 heterocycles. The van der Waals surface area contributed by atoms with E-state index in [-0.39, 0.29) is 11.8 Å². The van der Waals surface area contributed by atoms with Crippen molar-refractivity contribution in [2.24, 2.45) is 5.92 Å². The maximum Gasteiger partial charge on any atom is 0.227 e. The summed E-state index contributed by atoms with van der Waals surface area (Å²) in [4.78, 5) is 11.9. The van der Waals surface area contributed by atoms with Crippen LogP contribution >= 0.6 is 0 Å². The topological polar surface area (TPSA) is 64.3 Å². The number of ether oxygens (including phenoxy) is 1. The number of nitrogens with one attached hydrogen (secondary N) is 1. The third kappa shape index (κ3) is 2.70. The lowest BCUT2D eigenvalue weighted by atomic mass is 10.1. The molecule has 2 rings (SSSR count). The van der Waals surface area contributed by atoms with Crippen LogP contribution in [-0.4, -0.2) is 13.0 Å². The maximum atomic E-state index is 11.9. The standard InChI is InChI=1S/C13H18N2O2/c1-17-10-6-7-12(11(14)8-10)15-13(16)9-4-2-3-5-9/h6-9H,2-5,14H2,1H3,(H,15,16). The molecule has 0 aromatic heterocycles. The number of methoxy groups -OCH3 is 1. The van der Waals surface area contributed by atoms with Crippen LogP contribution in [0.25, 0.3) is 0 Å². The molecular formula is C13H18N2O2. The minimum absolute atomic E-state index is 0.0827. The fraction of sp³-hybridized carbons (Fsp3) is 0.462. The fourth-order valence-electron chi connectivity index (χ4n) is 2.20. The van der Waals surface area contributed by atoms with E-state index in [2.05, 4.69) is 5.32 Å². The third-order valence-corrected chi connectivity index (χ3v) is 3.24. The number of amides is 1. The molecule has 1 aromatic carbocycles. The summed E-state index contributed by atoms with van der Waals surface area (Å²) in [5.41, 5.74) is 7.06. The summed E-state index contributed by atoms with van der Waals surface area (Å²) in [7, 11) is 1.59. The molecule has 1 fully saturated rings. The van der Waals surface area contributed by atoms with Crippen LogP contribution in [0.4, 0.5) is 11.4 Å². The molecule has 0 atom stereocenters. The van der Waals surface area contributed by atoms with Crippen LogP contribution in [0.5, 0.6) is 5.75 Å². The van der Waals surface area contributed by atoms with Crippen molar-refractivity contribution in [3.05, 3.63) is 18.2 Å². The van der Waals surface area contributed by atoms with Crippen LogP contribution in [0.15, 0.2) is 18.2 Å². The van der Waals surface area contributed by atoms with Crippen molar-refractivity contribution < 1.29 is 9.53 Å². The second-order valence-corrected chi connectivity index (χ2v) is 4.42. The first kappa shape index (κ1) is 11.8. The Morgan fingerprint density at radius 3 is 2.71 bits per heavy atom. The van der Waals surface area contributed by atoms with Crippen molar-refractivity contribution in [3.63, 3.8) is 0 Å². The van der Waals surface area contributed by atoms with Gasteiger partial charge in [0.25, 0.3) is 0 Å². The summed E-state index contributed by atoms with van der Waals surface area (Å²) in [6.45, 7) is 0. The van der Waals surface area contributed by atoms with Crippen molar-refractivity contribution in [1.82, 2.24) is 0 Å². The van der Waals surface area contributed by atoms with Crippen molar-refractivity contribution in [1.29, 1.82) is 0 Å². The Morgan fingerprint density at radius 2 is 2.12 bits per heavy atom. The molecule has 1 saturated carbocycles. The number of nitrogens with two attached hydrogens (primary N) is 1. The molecule has 1 aromatic rings. The highest BCUT2D eigenvalue weighted by atomic mass is 16.5. The average Bonchev–Trinajstić information content (AvgIpc) is 2.85. The third-order valence-electron chi connectivity index (χ3n) is 3.24. The van der Waals surface area contributed by atoms with E-state index >= 15 is 0 Å². The number of nitrogen functional groups attached to an aromatic ring is 1. The molecule has 0 aliphatic heterocycles. The number of rotatable bonds is 3. The van der Waals surface area contributed by atoms with Gasteiger partial charge >= 0.3 is 0 Å². The zero-order valence-electron chi connectivity index (χ0n) is 10.0. The molecular weight excluding hydrogens is 216 g/mol. The van der Waals surface area contributed by atoms with E-state index < -0.39 is 0 Å². The molecule has 0 saturated heterocycles. The van der Waals surface area contributed by atoms with Gasteiger partial charge in [-0.3, -0.25) is 4.79 Å². The van der Waals surface area contributed by atoms with Gasteiger partial charge in [0.05, 0.1) is 18.5 Å². The van der Waals surface area contributed by atoms with Gasteiger partial charge in [-0.25, -0.2) is 0 Å². The molecule has 0 unspecified atom stereocenters. The summed E-state index contributed by atoms with van der Waals surface area (Å²) in [6, 6.07) is 5.28. The van der Waals surface area contributed by atoms with Crippen LogP contribution in [-0.2, 0) is 4.79 Å². The van der Waals surface area contributed by atoms with E-state index in [0.717, 1.165) is 25.7 Å². The molecule has 1 aliphatic rings. The lowest BCUT2D eigenvalue weighted by Crippen LogP contribution is -2.20. The molecule has 92 valence electrons. The number of hydrogen-bond donors (Lipinski definition) is 2. The lowest BCUT2D eigenvalue weighted by Gasteiger charge is -2.12. The zero-order chi connectivity index (χ0) is 12.3. The van der Waals surface area contributed by atoms with Gasteiger partial charge in [0.15, 0.2) is 0 Å². The zero-order valence-corrected chi connectivity index (χ0v) is 10.0. The molecule has 0 bridgehead atoms. The molecule has 4 nitrogen and oxygen atoms in total. The first-order valence-electron chi connectivity index (χ1n) is 5.95. The van der Waals surface area contributed by atoms with Gasteiger partial charge in [-0.05, 0) is 25.0 Å². The molecule has 17 heavy (non-hydrogen) atoms. The molecule has 1 amide bonds. The molecule has 1 aliphatic carbocycles. The average molecular weight is 234 g/mol. The van der Waals surface area contributed by atoms with E-state index in [9.17, 15) is 4.79 Å². The second-order valence-electron chi connectivity index (χ2n) is 4.42. The minimum Gasteiger partial charge on any atom is -0.497 e. The molecule has 3 N–H and O–H groups in total. The summed E-state index contributed by atoms with van der Waals surface area (Å²) < 4.78 is 5.06. The lowest BCUT2D eigenvalue weighted by molar-refractivity contribution is -0.119. The fourth-order valence-corrected chi connectivity index (χ4v) is 2.20. The van der Waals surface area contributed by atoms with Crippen molar-refractivity contribution in [2.45, 2.75) is 25.7 Å². The Hall–Kier alpha value is -1.71. The summed E-state index contributed by atoms with van der Waals surface area (Å²) >= 11 is 0. The second kappa shape index (κ2) is 5.08.